The summed E-state index contributed by atoms with van der Waals surface area (Å²) < 4.78 is 10.4. The molecule has 3 nitrogen and oxygen atoms in total. The number of rotatable bonds is 4. The Kier molecular flexibility index (Phi) is 4.08. The maximum Gasteiger partial charge on any atom is 0.293 e. The van der Waals surface area contributed by atoms with Gasteiger partial charge in [-0.3, -0.25) is 4.79 Å². The molecule has 0 aromatic carbocycles. The van der Waals surface area contributed by atoms with E-state index < -0.39 is 0 Å². The Labute approximate surface area is 73.0 Å². The van der Waals surface area contributed by atoms with Gasteiger partial charge in [-0.1, -0.05) is 6.42 Å². The van der Waals surface area contributed by atoms with E-state index in [2.05, 4.69) is 0 Å². The van der Waals surface area contributed by atoms with E-state index in [0.29, 0.717) is 13.1 Å². The van der Waals surface area contributed by atoms with Crippen molar-refractivity contribution >= 4 is 6.47 Å². The van der Waals surface area contributed by atoms with Crippen molar-refractivity contribution in [2.45, 2.75) is 44.8 Å². The highest BCUT2D eigenvalue weighted by Crippen LogP contribution is 2.23. The maximum atomic E-state index is 10.1. The van der Waals surface area contributed by atoms with Crippen molar-refractivity contribution in [2.24, 2.45) is 0 Å². The molecule has 3 heteroatoms. The summed E-state index contributed by atoms with van der Waals surface area (Å²) in [6.45, 7) is 3.19. The van der Waals surface area contributed by atoms with Gasteiger partial charge in [0.15, 0.2) is 0 Å². The molecule has 70 valence electrons. The first-order valence-corrected chi connectivity index (χ1v) is 4.59. The topological polar surface area (TPSA) is 35.5 Å². The molecule has 1 fully saturated rings. The lowest BCUT2D eigenvalue weighted by molar-refractivity contribution is -0.145. The molecule has 0 aliphatic heterocycles. The van der Waals surface area contributed by atoms with Crippen LogP contribution in [-0.4, -0.2) is 25.3 Å². The van der Waals surface area contributed by atoms with Crippen LogP contribution in [0.5, 0.6) is 0 Å². The summed E-state index contributed by atoms with van der Waals surface area (Å²) in [5, 5.41) is 0. The van der Waals surface area contributed by atoms with Crippen molar-refractivity contribution in [3.8, 4) is 0 Å². The number of carbonyl (C=O) groups is 1. The average Bonchev–Trinajstić information content (AvgIpc) is 2.09. The van der Waals surface area contributed by atoms with E-state index in [1.54, 1.807) is 0 Å². The lowest BCUT2D eigenvalue weighted by Crippen LogP contribution is -2.34. The summed E-state index contributed by atoms with van der Waals surface area (Å²) >= 11 is 0. The molecular weight excluding hydrogens is 156 g/mol. The van der Waals surface area contributed by atoms with E-state index in [0.717, 1.165) is 19.3 Å². The van der Waals surface area contributed by atoms with Crippen molar-refractivity contribution in [2.75, 3.05) is 6.61 Å². The minimum Gasteiger partial charge on any atom is -0.462 e. The molecule has 0 saturated heterocycles. The van der Waals surface area contributed by atoms with Gasteiger partial charge in [-0.15, -0.1) is 0 Å². The van der Waals surface area contributed by atoms with Crippen LogP contribution in [0.25, 0.3) is 0 Å². The summed E-state index contributed by atoms with van der Waals surface area (Å²) in [6.07, 6.45) is 4.42. The molecule has 0 bridgehead atoms. The fraction of sp³-hybridized carbons (Fsp3) is 0.889. The van der Waals surface area contributed by atoms with Crippen molar-refractivity contribution < 1.29 is 14.3 Å². The number of carbonyl (C=O) groups excluding carboxylic acids is 1. The molecule has 12 heavy (non-hydrogen) atoms. The van der Waals surface area contributed by atoms with Crippen molar-refractivity contribution in [1.82, 2.24) is 0 Å². The molecule has 0 radical (unpaired) electrons. The first-order chi connectivity index (χ1) is 5.88. The van der Waals surface area contributed by atoms with Gasteiger partial charge in [0.1, 0.15) is 6.10 Å². The summed E-state index contributed by atoms with van der Waals surface area (Å²) in [4.78, 5) is 10.1. The van der Waals surface area contributed by atoms with Gasteiger partial charge in [-0.25, -0.2) is 0 Å². The monoisotopic (exact) mass is 172 g/mol. The SMILES string of the molecule is CCOC1CCCCC1OC=O. The van der Waals surface area contributed by atoms with Gasteiger partial charge < -0.3 is 9.47 Å². The maximum absolute atomic E-state index is 10.1. The molecule has 1 rings (SSSR count). The molecule has 0 amide bonds. The first-order valence-electron chi connectivity index (χ1n) is 4.59. The van der Waals surface area contributed by atoms with Crippen molar-refractivity contribution in [1.29, 1.82) is 0 Å². The minimum atomic E-state index is -0.00352. The summed E-state index contributed by atoms with van der Waals surface area (Å²) in [7, 11) is 0. The van der Waals surface area contributed by atoms with Gasteiger partial charge in [0.05, 0.1) is 6.10 Å². The predicted octanol–water partition coefficient (Wildman–Crippen LogP) is 1.51. The third-order valence-electron chi connectivity index (χ3n) is 2.25. The smallest absolute Gasteiger partial charge is 0.293 e. The molecule has 1 aliphatic rings. The normalized spacial score (nSPS) is 29.8. The molecule has 0 spiro atoms. The number of hydrogen-bond donors (Lipinski definition) is 0. The van der Waals surface area contributed by atoms with E-state index in [1.165, 1.54) is 6.42 Å². The molecule has 1 aliphatic carbocycles. The Balaban J connectivity index is 2.36. The van der Waals surface area contributed by atoms with Crippen molar-refractivity contribution in [3.05, 3.63) is 0 Å². The third-order valence-corrected chi connectivity index (χ3v) is 2.25. The molecule has 0 N–H and O–H groups in total. The summed E-state index contributed by atoms with van der Waals surface area (Å²) in [6, 6.07) is 0. The Morgan fingerprint density at radius 1 is 1.33 bits per heavy atom. The largest absolute Gasteiger partial charge is 0.462 e. The van der Waals surface area contributed by atoms with Crippen LogP contribution in [0.4, 0.5) is 0 Å². The van der Waals surface area contributed by atoms with E-state index in [1.807, 2.05) is 6.92 Å². The number of ether oxygens (including phenoxy) is 2. The van der Waals surface area contributed by atoms with Crippen LogP contribution in [-0.2, 0) is 14.3 Å². The molecule has 0 heterocycles. The molecule has 2 atom stereocenters. The van der Waals surface area contributed by atoms with E-state index in [9.17, 15) is 4.79 Å². The van der Waals surface area contributed by atoms with E-state index >= 15 is 0 Å². The van der Waals surface area contributed by atoms with Crippen LogP contribution in [0.2, 0.25) is 0 Å². The minimum absolute atomic E-state index is 0.00352. The Morgan fingerprint density at radius 3 is 2.58 bits per heavy atom. The zero-order valence-electron chi connectivity index (χ0n) is 7.49. The van der Waals surface area contributed by atoms with E-state index in [4.69, 9.17) is 9.47 Å². The molecule has 1 saturated carbocycles. The van der Waals surface area contributed by atoms with Crippen molar-refractivity contribution in [3.63, 3.8) is 0 Å². The molecular formula is C9H16O3. The lowest BCUT2D eigenvalue weighted by atomic mass is 9.94. The molecule has 2 unspecified atom stereocenters. The zero-order valence-corrected chi connectivity index (χ0v) is 7.49. The number of hydrogen-bond acceptors (Lipinski definition) is 3. The average molecular weight is 172 g/mol. The van der Waals surface area contributed by atoms with E-state index in [-0.39, 0.29) is 12.2 Å². The van der Waals surface area contributed by atoms with Crippen LogP contribution >= 0.6 is 0 Å². The lowest BCUT2D eigenvalue weighted by Gasteiger charge is -2.29. The van der Waals surface area contributed by atoms with Gasteiger partial charge in [-0.05, 0) is 26.2 Å². The van der Waals surface area contributed by atoms with Crippen LogP contribution in [0, 0.1) is 0 Å². The highest BCUT2D eigenvalue weighted by atomic mass is 16.6. The standard InChI is InChI=1S/C9H16O3/c1-2-11-8-5-3-4-6-9(8)12-7-10/h7-9H,2-6H2,1H3. The zero-order chi connectivity index (χ0) is 8.81. The highest BCUT2D eigenvalue weighted by molar-refractivity contribution is 5.37. The fourth-order valence-electron chi connectivity index (χ4n) is 1.69. The summed E-state index contributed by atoms with van der Waals surface area (Å²) in [5.74, 6) is 0. The van der Waals surface area contributed by atoms with Gasteiger partial charge in [0, 0.05) is 6.61 Å². The Morgan fingerprint density at radius 2 is 2.00 bits per heavy atom. The second-order valence-corrected chi connectivity index (χ2v) is 3.05. The second-order valence-electron chi connectivity index (χ2n) is 3.05. The molecule has 0 aromatic rings. The Bertz CT molecular complexity index is 134. The van der Waals surface area contributed by atoms with Gasteiger partial charge in [0.2, 0.25) is 0 Å². The van der Waals surface area contributed by atoms with Crippen LogP contribution in [0.1, 0.15) is 32.6 Å². The van der Waals surface area contributed by atoms with Gasteiger partial charge in [0.25, 0.3) is 6.47 Å². The summed E-state index contributed by atoms with van der Waals surface area (Å²) in [5.41, 5.74) is 0. The van der Waals surface area contributed by atoms with Crippen LogP contribution in [0.3, 0.4) is 0 Å². The van der Waals surface area contributed by atoms with Gasteiger partial charge in [-0.2, -0.15) is 0 Å². The third kappa shape index (κ3) is 2.48. The van der Waals surface area contributed by atoms with Gasteiger partial charge >= 0.3 is 0 Å². The first kappa shape index (κ1) is 9.52. The second kappa shape index (κ2) is 5.14. The van der Waals surface area contributed by atoms with Crippen LogP contribution in [0.15, 0.2) is 0 Å². The quantitative estimate of drug-likeness (QED) is 0.603. The predicted molar refractivity (Wildman–Crippen MR) is 44.8 cm³/mol. The molecule has 0 aromatic heterocycles. The van der Waals surface area contributed by atoms with Crippen LogP contribution < -0.4 is 0 Å². The highest BCUT2D eigenvalue weighted by Gasteiger charge is 2.26. The Hall–Kier alpha value is -0.570. The fourth-order valence-corrected chi connectivity index (χ4v) is 1.69.